The number of Topliss-reactive ketones (excluding diaryl/α,β-unsaturated/α-hetero) is 1. The van der Waals surface area contributed by atoms with Crippen molar-refractivity contribution in [3.8, 4) is 5.75 Å². The molecule has 2 aliphatic rings. The van der Waals surface area contributed by atoms with Crippen molar-refractivity contribution in [2.45, 2.75) is 39.0 Å². The van der Waals surface area contributed by atoms with Crippen molar-refractivity contribution >= 4 is 11.7 Å². The molecule has 2 aromatic rings. The number of fused-ring (bicyclic) bond motifs is 1. The summed E-state index contributed by atoms with van der Waals surface area (Å²) in [6, 6.07) is 8.02. The quantitative estimate of drug-likeness (QED) is 0.826. The van der Waals surface area contributed by atoms with Crippen LogP contribution in [0.1, 0.15) is 54.2 Å². The van der Waals surface area contributed by atoms with E-state index in [1.807, 2.05) is 12.1 Å². The second-order valence-corrected chi connectivity index (χ2v) is 8.18. The fraction of sp³-hybridized carbons (Fsp3) is 0.500. The number of methoxy groups -OCH3 is 1. The Labute approximate surface area is 160 Å². The monoisotopic (exact) mass is 365 g/mol. The van der Waals surface area contributed by atoms with Gasteiger partial charge in [-0.05, 0) is 48.3 Å². The predicted octanol–water partition coefficient (Wildman–Crippen LogP) is 3.88. The van der Waals surface area contributed by atoms with E-state index < -0.39 is 0 Å². The third-order valence-electron chi connectivity index (χ3n) is 5.77. The summed E-state index contributed by atoms with van der Waals surface area (Å²) in [4.78, 5) is 24.3. The largest absolute Gasteiger partial charge is 0.497 e. The number of piperidine rings is 1. The van der Waals surface area contributed by atoms with Gasteiger partial charge in [-0.1, -0.05) is 26.0 Å². The first-order valence-corrected chi connectivity index (χ1v) is 9.81. The molecule has 0 spiro atoms. The zero-order chi connectivity index (χ0) is 19.0. The van der Waals surface area contributed by atoms with Crippen molar-refractivity contribution in [2.75, 3.05) is 25.1 Å². The highest BCUT2D eigenvalue weighted by molar-refractivity contribution is 5.98. The molecular weight excluding hydrogens is 338 g/mol. The summed E-state index contributed by atoms with van der Waals surface area (Å²) < 4.78 is 5.24. The zero-order valence-electron chi connectivity index (χ0n) is 16.3. The third kappa shape index (κ3) is 3.68. The van der Waals surface area contributed by atoms with Gasteiger partial charge in [0, 0.05) is 25.7 Å². The van der Waals surface area contributed by atoms with Gasteiger partial charge in [0.15, 0.2) is 5.78 Å². The number of ether oxygens (including phenoxy) is 1. The molecule has 0 radical (unpaired) electrons. The van der Waals surface area contributed by atoms with Crippen LogP contribution in [-0.2, 0) is 6.42 Å². The molecule has 0 unspecified atom stereocenters. The van der Waals surface area contributed by atoms with Crippen LogP contribution in [-0.4, -0.2) is 36.0 Å². The molecule has 0 N–H and O–H groups in total. The Kier molecular flexibility index (Phi) is 4.85. The smallest absolute Gasteiger partial charge is 0.225 e. The Bertz CT molecular complexity index is 824. The minimum atomic E-state index is 0.143. The van der Waals surface area contributed by atoms with Gasteiger partial charge in [-0.15, -0.1) is 0 Å². The molecule has 1 aliphatic carbocycles. The average Bonchev–Trinajstić information content (AvgIpc) is 2.67. The van der Waals surface area contributed by atoms with Gasteiger partial charge < -0.3 is 9.64 Å². The van der Waals surface area contributed by atoms with Gasteiger partial charge in [0.25, 0.3) is 0 Å². The van der Waals surface area contributed by atoms with E-state index in [1.54, 1.807) is 13.3 Å². The van der Waals surface area contributed by atoms with E-state index in [9.17, 15) is 4.79 Å². The molecule has 1 aromatic carbocycles. The number of carbonyl (C=O) groups is 1. The van der Waals surface area contributed by atoms with Gasteiger partial charge in [0.2, 0.25) is 5.95 Å². The summed E-state index contributed by atoms with van der Waals surface area (Å²) in [7, 11) is 1.66. The van der Waals surface area contributed by atoms with Crippen molar-refractivity contribution in [3.63, 3.8) is 0 Å². The number of rotatable bonds is 3. The fourth-order valence-electron chi connectivity index (χ4n) is 4.52. The van der Waals surface area contributed by atoms with E-state index in [-0.39, 0.29) is 11.7 Å². The molecule has 3 atom stereocenters. The lowest BCUT2D eigenvalue weighted by Gasteiger charge is -2.35. The highest BCUT2D eigenvalue weighted by Gasteiger charge is 2.30. The molecule has 0 saturated carbocycles. The lowest BCUT2D eigenvalue weighted by molar-refractivity contribution is 0.0962. The van der Waals surface area contributed by atoms with Crippen LogP contribution in [0.15, 0.2) is 30.5 Å². The first-order chi connectivity index (χ1) is 13.0. The van der Waals surface area contributed by atoms with E-state index in [0.29, 0.717) is 23.8 Å². The van der Waals surface area contributed by atoms with E-state index in [1.165, 1.54) is 6.42 Å². The SMILES string of the molecule is COc1ccc([C@H]2CC(=O)c3cnc(N4C[C@H](C)C[C@H](C)C4)nc3C2)cc1. The van der Waals surface area contributed by atoms with Crippen LogP contribution in [0.4, 0.5) is 5.95 Å². The van der Waals surface area contributed by atoms with Crippen LogP contribution in [0.5, 0.6) is 5.75 Å². The molecule has 27 heavy (non-hydrogen) atoms. The Balaban J connectivity index is 1.59. The van der Waals surface area contributed by atoms with E-state index in [2.05, 4.69) is 35.9 Å². The Morgan fingerprint density at radius 2 is 1.78 bits per heavy atom. The average molecular weight is 365 g/mol. The van der Waals surface area contributed by atoms with Crippen molar-refractivity contribution in [2.24, 2.45) is 11.8 Å². The van der Waals surface area contributed by atoms with Crippen LogP contribution in [0.25, 0.3) is 0 Å². The van der Waals surface area contributed by atoms with Crippen molar-refractivity contribution < 1.29 is 9.53 Å². The standard InChI is InChI=1S/C22H27N3O2/c1-14-8-15(2)13-25(12-14)22-23-11-19-20(24-22)9-17(10-21(19)26)16-4-6-18(27-3)7-5-16/h4-7,11,14-15,17H,8-10,12-13H2,1-3H3/t14-,15+,17-/m1/s1. The van der Waals surface area contributed by atoms with Gasteiger partial charge in [-0.3, -0.25) is 4.79 Å². The Morgan fingerprint density at radius 1 is 1.07 bits per heavy atom. The maximum Gasteiger partial charge on any atom is 0.225 e. The highest BCUT2D eigenvalue weighted by atomic mass is 16.5. The van der Waals surface area contributed by atoms with E-state index in [0.717, 1.165) is 42.5 Å². The number of aromatic nitrogens is 2. The zero-order valence-corrected chi connectivity index (χ0v) is 16.3. The predicted molar refractivity (Wildman–Crippen MR) is 106 cm³/mol. The van der Waals surface area contributed by atoms with Crippen LogP contribution >= 0.6 is 0 Å². The molecule has 1 fully saturated rings. The first-order valence-electron chi connectivity index (χ1n) is 9.81. The van der Waals surface area contributed by atoms with E-state index >= 15 is 0 Å². The van der Waals surface area contributed by atoms with Crippen LogP contribution < -0.4 is 9.64 Å². The molecular formula is C22H27N3O2. The van der Waals surface area contributed by atoms with Gasteiger partial charge in [-0.25, -0.2) is 9.97 Å². The summed E-state index contributed by atoms with van der Waals surface area (Å²) in [6.07, 6.45) is 4.29. The Morgan fingerprint density at radius 3 is 2.44 bits per heavy atom. The van der Waals surface area contributed by atoms with Gasteiger partial charge in [0.05, 0.1) is 18.4 Å². The van der Waals surface area contributed by atoms with Crippen LogP contribution in [0.2, 0.25) is 0 Å². The lowest BCUT2D eigenvalue weighted by Crippen LogP contribution is -2.40. The molecule has 1 saturated heterocycles. The molecule has 5 heteroatoms. The number of anilines is 1. The Hall–Kier alpha value is -2.43. The van der Waals surface area contributed by atoms with Crippen molar-refractivity contribution in [1.29, 1.82) is 0 Å². The second kappa shape index (κ2) is 7.29. The van der Waals surface area contributed by atoms with E-state index in [4.69, 9.17) is 9.72 Å². The van der Waals surface area contributed by atoms with Crippen LogP contribution in [0.3, 0.4) is 0 Å². The summed E-state index contributed by atoms with van der Waals surface area (Å²) >= 11 is 0. The highest BCUT2D eigenvalue weighted by Crippen LogP contribution is 2.33. The molecule has 1 aromatic heterocycles. The second-order valence-electron chi connectivity index (χ2n) is 8.18. The maximum absolute atomic E-state index is 12.7. The molecule has 5 nitrogen and oxygen atoms in total. The maximum atomic E-state index is 12.7. The van der Waals surface area contributed by atoms with Gasteiger partial charge >= 0.3 is 0 Å². The molecule has 2 heterocycles. The number of benzene rings is 1. The lowest BCUT2D eigenvalue weighted by atomic mass is 9.82. The first kappa shape index (κ1) is 18.0. The molecule has 142 valence electrons. The normalized spacial score (nSPS) is 25.2. The molecule has 4 rings (SSSR count). The number of nitrogens with zero attached hydrogens (tertiary/aromatic N) is 3. The number of hydrogen-bond donors (Lipinski definition) is 0. The number of hydrogen-bond acceptors (Lipinski definition) is 5. The number of carbonyl (C=O) groups excluding carboxylic acids is 1. The minimum absolute atomic E-state index is 0.143. The van der Waals surface area contributed by atoms with Gasteiger partial charge in [0.1, 0.15) is 5.75 Å². The van der Waals surface area contributed by atoms with Crippen molar-refractivity contribution in [3.05, 3.63) is 47.3 Å². The summed E-state index contributed by atoms with van der Waals surface area (Å²) in [5, 5.41) is 0. The summed E-state index contributed by atoms with van der Waals surface area (Å²) in [6.45, 7) is 6.53. The van der Waals surface area contributed by atoms with Crippen molar-refractivity contribution in [1.82, 2.24) is 9.97 Å². The summed E-state index contributed by atoms with van der Waals surface area (Å²) in [5.41, 5.74) is 2.75. The summed E-state index contributed by atoms with van der Waals surface area (Å²) in [5.74, 6) is 3.19. The fourth-order valence-corrected chi connectivity index (χ4v) is 4.52. The molecule has 1 aliphatic heterocycles. The van der Waals surface area contributed by atoms with Gasteiger partial charge in [-0.2, -0.15) is 0 Å². The third-order valence-corrected chi connectivity index (χ3v) is 5.77. The molecule has 0 amide bonds. The molecule has 0 bridgehead atoms. The number of ketones is 1. The topological polar surface area (TPSA) is 55.3 Å². The van der Waals surface area contributed by atoms with Crippen LogP contribution in [0, 0.1) is 11.8 Å². The minimum Gasteiger partial charge on any atom is -0.497 e.